The summed E-state index contributed by atoms with van der Waals surface area (Å²) in [6, 6.07) is 0.413. The normalized spacial score (nSPS) is 26.6. The van der Waals surface area contributed by atoms with Gasteiger partial charge in [0.15, 0.2) is 0 Å². The number of rotatable bonds is 7. The summed E-state index contributed by atoms with van der Waals surface area (Å²) in [5.74, 6) is 0.770. The molecule has 1 aliphatic rings. The second-order valence-corrected chi connectivity index (χ2v) is 5.95. The fourth-order valence-electron chi connectivity index (χ4n) is 2.06. The average Bonchev–Trinajstić information content (AvgIpc) is 2.68. The van der Waals surface area contributed by atoms with Gasteiger partial charge in [-0.3, -0.25) is 0 Å². The van der Waals surface area contributed by atoms with Crippen molar-refractivity contribution in [2.24, 2.45) is 0 Å². The van der Waals surface area contributed by atoms with Crippen LogP contribution in [0.4, 0.5) is 0 Å². The zero-order valence-electron chi connectivity index (χ0n) is 10.7. The molecule has 0 aromatic rings. The molecule has 1 aliphatic heterocycles. The number of thioether (sulfide) groups is 1. The monoisotopic (exact) mass is 247 g/mol. The zero-order chi connectivity index (χ0) is 12.0. The van der Waals surface area contributed by atoms with Crippen LogP contribution in [0.5, 0.6) is 0 Å². The molecule has 1 rings (SSSR count). The lowest BCUT2D eigenvalue weighted by molar-refractivity contribution is 0.0712. The molecule has 0 aromatic carbocycles. The topological polar surface area (TPSA) is 41.5 Å². The van der Waals surface area contributed by atoms with Gasteiger partial charge in [-0.05, 0) is 39.4 Å². The first-order chi connectivity index (χ1) is 7.53. The van der Waals surface area contributed by atoms with Crippen LogP contribution in [0.25, 0.3) is 0 Å². The number of aliphatic hydroxyl groups is 1. The van der Waals surface area contributed by atoms with Gasteiger partial charge in [-0.2, -0.15) is 11.8 Å². The lowest BCUT2D eigenvalue weighted by Crippen LogP contribution is -2.44. The fraction of sp³-hybridized carbons (Fsp3) is 1.00. The molecular weight excluding hydrogens is 222 g/mol. The molecule has 0 saturated carbocycles. The predicted molar refractivity (Wildman–Crippen MR) is 70.1 cm³/mol. The number of hydrogen-bond acceptors (Lipinski definition) is 4. The van der Waals surface area contributed by atoms with Crippen molar-refractivity contribution in [1.82, 2.24) is 5.32 Å². The Labute approximate surface area is 103 Å². The summed E-state index contributed by atoms with van der Waals surface area (Å²) in [5.41, 5.74) is -0.607. The van der Waals surface area contributed by atoms with Crippen molar-refractivity contribution < 1.29 is 9.84 Å². The van der Waals surface area contributed by atoms with Crippen LogP contribution in [0.15, 0.2) is 0 Å². The van der Waals surface area contributed by atoms with E-state index in [0.29, 0.717) is 18.7 Å². The summed E-state index contributed by atoms with van der Waals surface area (Å²) in [4.78, 5) is 0. The minimum atomic E-state index is -0.607. The van der Waals surface area contributed by atoms with Gasteiger partial charge in [0.25, 0.3) is 0 Å². The van der Waals surface area contributed by atoms with Gasteiger partial charge >= 0.3 is 0 Å². The van der Waals surface area contributed by atoms with Crippen LogP contribution in [0, 0.1) is 0 Å². The minimum Gasteiger partial charge on any atom is -0.388 e. The van der Waals surface area contributed by atoms with Gasteiger partial charge in [0.05, 0.1) is 11.7 Å². The van der Waals surface area contributed by atoms with Crippen molar-refractivity contribution >= 4 is 11.8 Å². The molecule has 3 unspecified atom stereocenters. The van der Waals surface area contributed by atoms with Crippen LogP contribution < -0.4 is 5.32 Å². The Hall–Kier alpha value is 0.230. The smallest absolute Gasteiger partial charge is 0.0833 e. The summed E-state index contributed by atoms with van der Waals surface area (Å²) < 4.78 is 5.60. The average molecular weight is 247 g/mol. The molecule has 3 atom stereocenters. The van der Waals surface area contributed by atoms with Crippen molar-refractivity contribution in [1.29, 1.82) is 0 Å². The molecule has 96 valence electrons. The predicted octanol–water partition coefficient (Wildman–Crippen LogP) is 1.65. The van der Waals surface area contributed by atoms with E-state index in [9.17, 15) is 5.11 Å². The molecule has 0 spiro atoms. The standard InChI is InChI=1S/C12H25NO2S/c1-10(7-11-5-4-6-15-11)13-8-12(2,14)9-16-3/h10-11,13-14H,4-9H2,1-3H3. The van der Waals surface area contributed by atoms with E-state index in [2.05, 4.69) is 12.2 Å². The first kappa shape index (κ1) is 14.3. The Morgan fingerprint density at radius 2 is 2.38 bits per heavy atom. The van der Waals surface area contributed by atoms with Crippen LogP contribution in [0.1, 0.15) is 33.1 Å². The molecule has 1 heterocycles. The van der Waals surface area contributed by atoms with Gasteiger partial charge in [0.1, 0.15) is 0 Å². The highest BCUT2D eigenvalue weighted by Gasteiger charge is 2.22. The minimum absolute atomic E-state index is 0.413. The van der Waals surface area contributed by atoms with Crippen LogP contribution in [0.2, 0.25) is 0 Å². The molecule has 0 amide bonds. The Kier molecular flexibility index (Phi) is 6.11. The molecule has 16 heavy (non-hydrogen) atoms. The third kappa shape index (κ3) is 5.53. The third-order valence-electron chi connectivity index (χ3n) is 2.93. The summed E-state index contributed by atoms with van der Waals surface area (Å²) in [6.45, 7) is 5.62. The number of ether oxygens (including phenoxy) is 1. The Bertz CT molecular complexity index is 193. The third-order valence-corrected chi connectivity index (χ3v) is 3.84. The molecule has 0 aromatic heterocycles. The SMILES string of the molecule is CSCC(C)(O)CNC(C)CC1CCCO1. The molecule has 0 aliphatic carbocycles. The van der Waals surface area contributed by atoms with E-state index in [0.717, 1.165) is 18.8 Å². The van der Waals surface area contributed by atoms with E-state index in [1.807, 2.05) is 13.2 Å². The maximum atomic E-state index is 10.0. The van der Waals surface area contributed by atoms with E-state index in [-0.39, 0.29) is 0 Å². The van der Waals surface area contributed by atoms with Gasteiger partial charge in [-0.25, -0.2) is 0 Å². The largest absolute Gasteiger partial charge is 0.388 e. The molecule has 4 heteroatoms. The molecule has 2 N–H and O–H groups in total. The van der Waals surface area contributed by atoms with E-state index in [1.54, 1.807) is 11.8 Å². The fourth-order valence-corrected chi connectivity index (χ4v) is 2.79. The van der Waals surface area contributed by atoms with Crippen LogP contribution in [-0.4, -0.2) is 48.0 Å². The van der Waals surface area contributed by atoms with E-state index in [4.69, 9.17) is 4.74 Å². The summed E-state index contributed by atoms with van der Waals surface area (Å²) >= 11 is 1.68. The first-order valence-electron chi connectivity index (χ1n) is 6.10. The van der Waals surface area contributed by atoms with E-state index >= 15 is 0 Å². The quantitative estimate of drug-likeness (QED) is 0.718. The van der Waals surface area contributed by atoms with Gasteiger partial charge in [-0.1, -0.05) is 0 Å². The summed E-state index contributed by atoms with van der Waals surface area (Å²) in [6.07, 6.45) is 5.88. The molecular formula is C12H25NO2S. The van der Waals surface area contributed by atoms with Crippen LogP contribution in [-0.2, 0) is 4.74 Å². The Morgan fingerprint density at radius 1 is 1.62 bits per heavy atom. The maximum Gasteiger partial charge on any atom is 0.0833 e. The number of nitrogens with one attached hydrogen (secondary N) is 1. The van der Waals surface area contributed by atoms with Gasteiger partial charge in [0, 0.05) is 24.9 Å². The lowest BCUT2D eigenvalue weighted by atomic mass is 10.1. The first-order valence-corrected chi connectivity index (χ1v) is 7.49. The van der Waals surface area contributed by atoms with E-state index in [1.165, 1.54) is 12.8 Å². The second kappa shape index (κ2) is 6.84. The molecule has 0 radical (unpaired) electrons. The van der Waals surface area contributed by atoms with Crippen molar-refractivity contribution in [2.75, 3.05) is 25.2 Å². The lowest BCUT2D eigenvalue weighted by Gasteiger charge is -2.26. The maximum absolute atomic E-state index is 10.0. The van der Waals surface area contributed by atoms with Crippen molar-refractivity contribution in [3.8, 4) is 0 Å². The van der Waals surface area contributed by atoms with Crippen molar-refractivity contribution in [2.45, 2.75) is 50.9 Å². The summed E-state index contributed by atoms with van der Waals surface area (Å²) in [5, 5.41) is 13.4. The second-order valence-electron chi connectivity index (χ2n) is 5.08. The van der Waals surface area contributed by atoms with E-state index < -0.39 is 5.60 Å². The zero-order valence-corrected chi connectivity index (χ0v) is 11.5. The van der Waals surface area contributed by atoms with Gasteiger partial charge in [0.2, 0.25) is 0 Å². The molecule has 1 saturated heterocycles. The molecule has 1 fully saturated rings. The van der Waals surface area contributed by atoms with Crippen LogP contribution >= 0.6 is 11.8 Å². The summed E-state index contributed by atoms with van der Waals surface area (Å²) in [7, 11) is 0. The molecule has 0 bridgehead atoms. The van der Waals surface area contributed by atoms with Gasteiger partial charge < -0.3 is 15.2 Å². The van der Waals surface area contributed by atoms with Gasteiger partial charge in [-0.15, -0.1) is 0 Å². The highest BCUT2D eigenvalue weighted by Crippen LogP contribution is 2.17. The van der Waals surface area contributed by atoms with Crippen molar-refractivity contribution in [3.63, 3.8) is 0 Å². The van der Waals surface area contributed by atoms with Crippen LogP contribution in [0.3, 0.4) is 0 Å². The highest BCUT2D eigenvalue weighted by molar-refractivity contribution is 7.98. The Balaban J connectivity index is 2.15. The molecule has 3 nitrogen and oxygen atoms in total. The highest BCUT2D eigenvalue weighted by atomic mass is 32.2. The van der Waals surface area contributed by atoms with Crippen molar-refractivity contribution in [3.05, 3.63) is 0 Å². The Morgan fingerprint density at radius 3 is 2.94 bits per heavy atom. The number of hydrogen-bond donors (Lipinski definition) is 2.